The zero-order chi connectivity index (χ0) is 20.5. The maximum absolute atomic E-state index is 11.7. The van der Waals surface area contributed by atoms with E-state index in [2.05, 4.69) is 18.1 Å². The minimum atomic E-state index is -6.05. The van der Waals surface area contributed by atoms with Crippen LogP contribution in [0.2, 0.25) is 0 Å². The van der Waals surface area contributed by atoms with Crippen molar-refractivity contribution >= 4 is 29.3 Å². The van der Waals surface area contributed by atoms with Crippen molar-refractivity contribution in [3.63, 3.8) is 0 Å². The van der Waals surface area contributed by atoms with Crippen molar-refractivity contribution in [1.29, 1.82) is 0 Å². The second-order valence-electron chi connectivity index (χ2n) is 5.13. The van der Waals surface area contributed by atoms with Crippen LogP contribution >= 0.6 is 23.5 Å². The van der Waals surface area contributed by atoms with E-state index in [0.29, 0.717) is 0 Å². The van der Waals surface area contributed by atoms with Gasteiger partial charge in [0.2, 0.25) is 0 Å². The third-order valence-electron chi connectivity index (χ3n) is 3.07. The molecule has 2 unspecified atom stereocenters. The second-order valence-corrected chi connectivity index (χ2v) is 9.38. The number of nitrogens with two attached hydrogens (primary N) is 1. The molecule has 15 nitrogen and oxygen atoms in total. The number of phosphoric acid groups is 3. The van der Waals surface area contributed by atoms with Gasteiger partial charge < -0.3 is 39.1 Å². The summed E-state index contributed by atoms with van der Waals surface area (Å²) in [5, 5.41) is 0. The molecule has 0 amide bonds. The molecule has 0 bridgehead atoms. The molecule has 0 aromatic carbocycles. The van der Waals surface area contributed by atoms with Crippen LogP contribution in [0.1, 0.15) is 19.1 Å². The van der Waals surface area contributed by atoms with Gasteiger partial charge in [0.15, 0.2) is 0 Å². The average Bonchev–Trinajstić information content (AvgIpc) is 2.90. The van der Waals surface area contributed by atoms with E-state index in [0.717, 1.165) is 4.57 Å². The van der Waals surface area contributed by atoms with Crippen molar-refractivity contribution in [1.82, 2.24) is 9.55 Å². The van der Waals surface area contributed by atoms with E-state index in [4.69, 9.17) is 10.5 Å². The van der Waals surface area contributed by atoms with Crippen LogP contribution in [0.5, 0.6) is 0 Å². The van der Waals surface area contributed by atoms with Gasteiger partial charge in [-0.25, -0.2) is 9.11 Å². The number of hydrogen-bond acceptors (Lipinski definition) is 14. The largest absolute Gasteiger partial charge is 1.00 e. The SMILES string of the molecule is Nc1ccn([C@H]2CC[C@@H](COP(=O)([O-])OP(=O)([O-])OP(=O)([O-])[O-])O2)c(=O)n1.[Na+].[Na+].[Na+].[Na+]. The van der Waals surface area contributed by atoms with Crippen LogP contribution in [-0.4, -0.2) is 22.3 Å². The first-order valence-electron chi connectivity index (χ1n) is 6.98. The standard InChI is InChI=1S/C9H16N3O12P3.4Na/c10-7-3-4-12(9(13)11-7)8-2-1-6(22-8)5-21-26(17,18)24-27(19,20)23-25(14,15)16;;;;/h3-4,6,8H,1-2,5H2,(H,17,18)(H,19,20)(H2,10,11,13)(H2,14,15,16);;;;/q;4*+1/p-4/t6-,8+;;;;/m0..../s1. The van der Waals surface area contributed by atoms with Gasteiger partial charge in [0.1, 0.15) is 12.0 Å². The summed E-state index contributed by atoms with van der Waals surface area (Å²) in [5.74, 6) is 0.00328. The number of phosphoric ester groups is 1. The summed E-state index contributed by atoms with van der Waals surface area (Å²) >= 11 is 0. The van der Waals surface area contributed by atoms with Crippen molar-refractivity contribution in [2.75, 3.05) is 12.3 Å². The van der Waals surface area contributed by atoms with E-state index in [-0.39, 0.29) is 137 Å². The summed E-state index contributed by atoms with van der Waals surface area (Å²) in [6.45, 7) is -0.708. The Morgan fingerprint density at radius 2 is 1.65 bits per heavy atom. The van der Waals surface area contributed by atoms with E-state index in [1.165, 1.54) is 12.3 Å². The molecule has 1 aliphatic heterocycles. The maximum atomic E-state index is 11.7. The zero-order valence-electron chi connectivity index (χ0n) is 17.1. The first-order valence-corrected chi connectivity index (χ1v) is 11.4. The normalized spacial score (nSPS) is 21.8. The van der Waals surface area contributed by atoms with Gasteiger partial charge in [-0.2, -0.15) is 4.98 Å². The van der Waals surface area contributed by atoms with E-state index < -0.39 is 48.1 Å². The molecule has 4 atom stereocenters. The molecule has 0 saturated carbocycles. The molecule has 0 spiro atoms. The van der Waals surface area contributed by atoms with Crippen molar-refractivity contribution in [3.05, 3.63) is 22.7 Å². The fourth-order valence-electron chi connectivity index (χ4n) is 2.12. The number of nitrogen functional groups attached to an aromatic ring is 1. The van der Waals surface area contributed by atoms with Crippen molar-refractivity contribution in [2.24, 2.45) is 0 Å². The smallest absolute Gasteiger partial charge is 0.790 e. The van der Waals surface area contributed by atoms with Gasteiger partial charge in [0.25, 0.3) is 15.6 Å². The fourth-order valence-corrected chi connectivity index (χ4v) is 5.00. The molecule has 22 heteroatoms. The van der Waals surface area contributed by atoms with Gasteiger partial charge >= 0.3 is 124 Å². The Kier molecular flexibility index (Phi) is 19.9. The van der Waals surface area contributed by atoms with Crippen molar-refractivity contribution in [2.45, 2.75) is 25.2 Å². The Labute approximate surface area is 264 Å². The molecule has 1 fully saturated rings. The van der Waals surface area contributed by atoms with E-state index >= 15 is 0 Å². The van der Waals surface area contributed by atoms with Gasteiger partial charge in [-0.15, -0.1) is 0 Å². The monoisotopic (exact) mass is 539 g/mol. The zero-order valence-corrected chi connectivity index (χ0v) is 27.8. The molecule has 1 aliphatic rings. The third kappa shape index (κ3) is 14.4. The Hall–Kier alpha value is 3.05. The van der Waals surface area contributed by atoms with Crippen LogP contribution in [0.25, 0.3) is 0 Å². The van der Waals surface area contributed by atoms with Crippen LogP contribution < -0.4 is 149 Å². The van der Waals surface area contributed by atoms with Crippen LogP contribution in [0.3, 0.4) is 0 Å². The summed E-state index contributed by atoms with van der Waals surface area (Å²) in [7, 11) is -17.7. The number of nitrogens with zero attached hydrogens (tertiary/aromatic N) is 2. The molecular formula is C9H12N3Na4O12P3. The van der Waals surface area contributed by atoms with Crippen LogP contribution in [0, 0.1) is 0 Å². The van der Waals surface area contributed by atoms with Gasteiger partial charge in [0, 0.05) is 6.20 Å². The molecule has 1 saturated heterocycles. The van der Waals surface area contributed by atoms with Gasteiger partial charge in [-0.05, 0) is 18.9 Å². The van der Waals surface area contributed by atoms with Gasteiger partial charge in [-0.3, -0.25) is 18.0 Å². The average molecular weight is 539 g/mol. The molecule has 0 radical (unpaired) electrons. The van der Waals surface area contributed by atoms with Gasteiger partial charge in [0.05, 0.1) is 20.5 Å². The van der Waals surface area contributed by atoms with Crippen LogP contribution in [0.4, 0.5) is 5.82 Å². The van der Waals surface area contributed by atoms with Crippen LogP contribution in [-0.2, 0) is 31.6 Å². The molecule has 0 aliphatic carbocycles. The number of rotatable bonds is 8. The number of hydrogen-bond donors (Lipinski definition) is 1. The summed E-state index contributed by atoms with van der Waals surface area (Å²) in [6.07, 6.45) is 0.176. The quantitative estimate of drug-likeness (QED) is 0.238. The minimum Gasteiger partial charge on any atom is -0.790 e. The molecule has 2 heterocycles. The van der Waals surface area contributed by atoms with Gasteiger partial charge in [-0.1, -0.05) is 0 Å². The molecular weight excluding hydrogens is 527 g/mol. The predicted octanol–water partition coefficient (Wildman–Crippen LogP) is -14.7. The predicted molar refractivity (Wildman–Crippen MR) is 77.0 cm³/mol. The summed E-state index contributed by atoms with van der Waals surface area (Å²) in [5.41, 5.74) is 4.67. The summed E-state index contributed by atoms with van der Waals surface area (Å²) < 4.78 is 49.9. The second kappa shape index (κ2) is 16.0. The molecule has 31 heavy (non-hydrogen) atoms. The van der Waals surface area contributed by atoms with Crippen LogP contribution in [0.15, 0.2) is 17.1 Å². The summed E-state index contributed by atoms with van der Waals surface area (Å²) in [6, 6.07) is 1.35. The Morgan fingerprint density at radius 1 is 1.06 bits per heavy atom. The number of anilines is 1. The Morgan fingerprint density at radius 3 is 2.16 bits per heavy atom. The minimum absolute atomic E-state index is 0. The molecule has 2 N–H and O–H groups in total. The van der Waals surface area contributed by atoms with Crippen molar-refractivity contribution < 1.29 is 169 Å². The summed E-state index contributed by atoms with van der Waals surface area (Å²) in [4.78, 5) is 58.1. The van der Waals surface area contributed by atoms with E-state index in [1.54, 1.807) is 0 Å². The van der Waals surface area contributed by atoms with E-state index in [1.807, 2.05) is 0 Å². The molecule has 1 aromatic heterocycles. The van der Waals surface area contributed by atoms with Crippen molar-refractivity contribution in [3.8, 4) is 0 Å². The van der Waals surface area contributed by atoms with E-state index in [9.17, 15) is 38.1 Å². The Balaban J connectivity index is -0.00000196. The Bertz CT molecular complexity index is 900. The maximum Gasteiger partial charge on any atom is 1.00 e. The molecule has 2 rings (SSSR count). The molecule has 1 aromatic rings. The number of ether oxygens (including phenoxy) is 1. The molecule has 154 valence electrons. The first kappa shape index (κ1) is 38.6. The topological polar surface area (TPSA) is 241 Å². The fraction of sp³-hybridized carbons (Fsp3) is 0.556. The third-order valence-corrected chi connectivity index (χ3v) is 6.73. The number of aromatic nitrogens is 2. The first-order chi connectivity index (χ1) is 12.3.